The number of hydrogen-bond donors (Lipinski definition) is 0. The fourth-order valence-electron chi connectivity index (χ4n) is 3.47. The number of carbonyl (C=O) groups excluding carboxylic acids is 1. The minimum Gasteiger partial charge on any atom is -0.381 e. The summed E-state index contributed by atoms with van der Waals surface area (Å²) in [7, 11) is 6.39. The summed E-state index contributed by atoms with van der Waals surface area (Å²) in [6, 6.07) is 6.53. The molecular weight excluding hydrogens is 506 g/mol. The van der Waals surface area contributed by atoms with Crippen LogP contribution in [0.25, 0.3) is 0 Å². The lowest BCUT2D eigenvalue weighted by Crippen LogP contribution is -2.48. The van der Waals surface area contributed by atoms with Gasteiger partial charge in [0.2, 0.25) is 11.9 Å². The molecule has 0 unspecified atom stereocenters. The third-order valence-electron chi connectivity index (χ3n) is 6.01. The smallest absolute Gasteiger partial charge is 0.381 e. The van der Waals surface area contributed by atoms with E-state index in [9.17, 15) is 13.2 Å². The predicted molar refractivity (Wildman–Crippen MR) is 149 cm³/mol. The van der Waals surface area contributed by atoms with Crippen molar-refractivity contribution in [3.63, 3.8) is 0 Å². The Morgan fingerprint density at radius 1 is 1.00 bits per heavy atom. The number of ether oxygens (including phenoxy) is 1. The molecule has 1 aromatic carbocycles. The van der Waals surface area contributed by atoms with E-state index < -0.39 is 20.6 Å². The third kappa shape index (κ3) is 6.94. The van der Waals surface area contributed by atoms with Crippen LogP contribution < -0.4 is 13.7 Å². The van der Waals surface area contributed by atoms with E-state index in [2.05, 4.69) is 19.9 Å². The molecule has 0 saturated heterocycles. The van der Waals surface area contributed by atoms with E-state index in [4.69, 9.17) is 4.74 Å². The summed E-state index contributed by atoms with van der Waals surface area (Å²) in [4.78, 5) is 30.7. The number of hydrogen-bond acceptors (Lipinski definition) is 9. The van der Waals surface area contributed by atoms with Crippen molar-refractivity contribution < 1.29 is 17.9 Å². The second kappa shape index (κ2) is 12.0. The molecule has 1 aromatic heterocycles. The van der Waals surface area contributed by atoms with Crippen LogP contribution in [0.1, 0.15) is 18.4 Å². The Morgan fingerprint density at radius 3 is 2.26 bits per heavy atom. The number of aromatic nitrogens is 3. The van der Waals surface area contributed by atoms with E-state index >= 15 is 0 Å². The first-order valence-electron chi connectivity index (χ1n) is 12.3. The van der Waals surface area contributed by atoms with Crippen LogP contribution in [0.3, 0.4) is 0 Å². The van der Waals surface area contributed by atoms with Crippen LogP contribution in [0.2, 0.25) is 0 Å². The molecule has 38 heavy (non-hydrogen) atoms. The van der Waals surface area contributed by atoms with E-state index in [0.29, 0.717) is 18.7 Å². The minimum absolute atomic E-state index is 0.0485. The highest BCUT2D eigenvalue weighted by Crippen LogP contribution is 2.26. The maximum absolute atomic E-state index is 13.4. The normalized spacial score (nSPS) is 13.8. The summed E-state index contributed by atoms with van der Waals surface area (Å²) >= 11 is 0. The van der Waals surface area contributed by atoms with Crippen molar-refractivity contribution in [2.75, 3.05) is 64.6 Å². The topological polar surface area (TPSA) is 109 Å². The van der Waals surface area contributed by atoms with Crippen LogP contribution in [0, 0.1) is 13.3 Å². The van der Waals surface area contributed by atoms with Crippen LogP contribution in [-0.4, -0.2) is 89.7 Å². The standard InChI is InChI=1S/C26H37N7O4S/c1-20-14-16-22(17-15-20)38(35,36)32(5)24-27-23(31(4)19-11-18-30(2)3)28-25(29-24)33(6,7)26(34)37-21-12-9-8-10-13-21/h8-9,12-17H,10-11,18-19H2,1-7H3/q+1. The van der Waals surface area contributed by atoms with Crippen LogP contribution in [0.5, 0.6) is 0 Å². The molecule has 0 fully saturated rings. The van der Waals surface area contributed by atoms with E-state index in [-0.39, 0.29) is 22.7 Å². The number of amides is 1. The van der Waals surface area contributed by atoms with Gasteiger partial charge in [0.15, 0.2) is 0 Å². The summed E-state index contributed by atoms with van der Waals surface area (Å²) in [5.41, 5.74) is 0.939. The Balaban J connectivity index is 2.02. The summed E-state index contributed by atoms with van der Waals surface area (Å²) in [5.74, 6) is 0.626. The molecule has 0 N–H and O–H groups in total. The first kappa shape index (κ1) is 29.2. The third-order valence-corrected chi connectivity index (χ3v) is 7.77. The summed E-state index contributed by atoms with van der Waals surface area (Å²) in [6.07, 6.45) is 8.12. The molecule has 11 nitrogen and oxygen atoms in total. The molecule has 0 saturated carbocycles. The molecule has 1 aliphatic carbocycles. The SMILES string of the molecule is Cc1ccc(S(=O)(=O)N(C)c2nc(N(C)CCCN(C)C)nc([N+](C)(C)C(=O)OC3=CC[CH]C=C3)n2)cc1. The largest absolute Gasteiger partial charge is 0.528 e. The van der Waals surface area contributed by atoms with E-state index in [0.717, 1.165) is 22.8 Å². The summed E-state index contributed by atoms with van der Waals surface area (Å²) in [5, 5.41) is 0. The number of nitrogens with zero attached hydrogens (tertiary/aromatic N) is 7. The molecule has 0 aliphatic heterocycles. The van der Waals surface area contributed by atoms with Crippen molar-refractivity contribution in [2.45, 2.75) is 24.7 Å². The zero-order valence-corrected chi connectivity index (χ0v) is 23.9. The van der Waals surface area contributed by atoms with Gasteiger partial charge in [-0.05, 0) is 71.1 Å². The van der Waals surface area contributed by atoms with Gasteiger partial charge in [-0.3, -0.25) is 0 Å². The van der Waals surface area contributed by atoms with Crippen molar-refractivity contribution in [3.8, 4) is 0 Å². The number of anilines is 2. The molecule has 1 heterocycles. The van der Waals surface area contributed by atoms with Gasteiger partial charge in [-0.25, -0.2) is 12.7 Å². The lowest BCUT2D eigenvalue weighted by Gasteiger charge is -2.26. The molecule has 1 amide bonds. The second-order valence-corrected chi connectivity index (χ2v) is 11.8. The van der Waals surface area contributed by atoms with Gasteiger partial charge in [0.1, 0.15) is 5.76 Å². The van der Waals surface area contributed by atoms with Crippen molar-refractivity contribution in [1.29, 1.82) is 0 Å². The van der Waals surface area contributed by atoms with Gasteiger partial charge < -0.3 is 14.5 Å². The zero-order chi connectivity index (χ0) is 28.1. The lowest BCUT2D eigenvalue weighted by atomic mass is 10.2. The molecule has 1 radical (unpaired) electrons. The number of aryl methyl sites for hydroxylation is 1. The van der Waals surface area contributed by atoms with Gasteiger partial charge in [-0.1, -0.05) is 23.8 Å². The van der Waals surface area contributed by atoms with Gasteiger partial charge in [0.05, 0.1) is 19.0 Å². The van der Waals surface area contributed by atoms with Crippen molar-refractivity contribution >= 4 is 34.0 Å². The van der Waals surface area contributed by atoms with Gasteiger partial charge in [0, 0.05) is 20.6 Å². The number of benzene rings is 1. The van der Waals surface area contributed by atoms with Gasteiger partial charge in [0.25, 0.3) is 10.0 Å². The molecule has 205 valence electrons. The molecule has 12 heteroatoms. The minimum atomic E-state index is -3.97. The summed E-state index contributed by atoms with van der Waals surface area (Å²) < 4.78 is 33.0. The molecule has 3 rings (SSSR count). The van der Waals surface area contributed by atoms with E-state index in [1.165, 1.54) is 19.2 Å². The number of sulfonamides is 1. The Hall–Kier alpha value is -3.35. The highest BCUT2D eigenvalue weighted by atomic mass is 32.2. The van der Waals surface area contributed by atoms with Crippen LogP contribution in [0.4, 0.5) is 22.6 Å². The second-order valence-electron chi connectivity index (χ2n) is 9.86. The van der Waals surface area contributed by atoms with E-state index in [1.807, 2.05) is 45.5 Å². The number of allylic oxidation sites excluding steroid dienone is 3. The first-order valence-corrected chi connectivity index (χ1v) is 13.7. The maximum Gasteiger partial charge on any atom is 0.528 e. The van der Waals surface area contributed by atoms with Crippen LogP contribution in [0.15, 0.2) is 53.1 Å². The highest BCUT2D eigenvalue weighted by molar-refractivity contribution is 7.92. The average Bonchev–Trinajstić information content (AvgIpc) is 2.88. The number of quaternary nitrogens is 1. The Kier molecular flexibility index (Phi) is 9.23. The fraction of sp³-hybridized carbons (Fsp3) is 0.423. The average molecular weight is 544 g/mol. The Labute approximate surface area is 225 Å². The number of carbonyl (C=O) groups is 1. The maximum atomic E-state index is 13.4. The molecule has 0 atom stereocenters. The van der Waals surface area contributed by atoms with Crippen LogP contribution in [-0.2, 0) is 14.8 Å². The van der Waals surface area contributed by atoms with Crippen LogP contribution >= 0.6 is 0 Å². The Morgan fingerprint density at radius 2 is 1.66 bits per heavy atom. The first-order chi connectivity index (χ1) is 17.8. The van der Waals surface area contributed by atoms with Crippen molar-refractivity contribution in [1.82, 2.24) is 24.3 Å². The Bertz CT molecular complexity index is 1310. The van der Waals surface area contributed by atoms with Crippen molar-refractivity contribution in [3.05, 3.63) is 60.2 Å². The zero-order valence-electron chi connectivity index (χ0n) is 23.1. The quantitative estimate of drug-likeness (QED) is 0.418. The lowest BCUT2D eigenvalue weighted by molar-refractivity contribution is 0.148. The summed E-state index contributed by atoms with van der Waals surface area (Å²) in [6.45, 7) is 3.35. The van der Waals surface area contributed by atoms with Gasteiger partial charge >= 0.3 is 12.0 Å². The predicted octanol–water partition coefficient (Wildman–Crippen LogP) is 3.14. The molecule has 2 aromatic rings. The molecule has 0 spiro atoms. The van der Waals surface area contributed by atoms with Crippen molar-refractivity contribution in [2.24, 2.45) is 0 Å². The van der Waals surface area contributed by atoms with Gasteiger partial charge in [-0.2, -0.15) is 14.3 Å². The molecular formula is C26H37N7O4S+. The van der Waals surface area contributed by atoms with E-state index in [1.54, 1.807) is 38.4 Å². The molecule has 1 aliphatic rings. The fourth-order valence-corrected chi connectivity index (χ4v) is 4.56. The molecule has 0 bridgehead atoms. The monoisotopic (exact) mass is 543 g/mol. The number of rotatable bonds is 10. The van der Waals surface area contributed by atoms with Gasteiger partial charge in [-0.15, -0.1) is 9.97 Å². The highest BCUT2D eigenvalue weighted by Gasteiger charge is 2.38.